The molecule has 1 aromatic carbocycles. The molecule has 0 atom stereocenters. The van der Waals surface area contributed by atoms with E-state index >= 15 is 0 Å². The van der Waals surface area contributed by atoms with Crippen LogP contribution in [-0.4, -0.2) is 4.57 Å². The van der Waals surface area contributed by atoms with Gasteiger partial charge in [0, 0.05) is 17.9 Å². The Morgan fingerprint density at radius 3 is 2.35 bits per heavy atom. The van der Waals surface area contributed by atoms with Crippen LogP contribution in [0.3, 0.4) is 0 Å². The number of benzene rings is 1. The molecule has 0 fully saturated rings. The fraction of sp³-hybridized carbons (Fsp3) is 0.250. The molecule has 88 valence electrons. The van der Waals surface area contributed by atoms with E-state index < -0.39 is 0 Å². The second-order valence-electron chi connectivity index (χ2n) is 4.68. The molecule has 0 radical (unpaired) electrons. The smallest absolute Gasteiger partial charge is 0.0475 e. The Kier molecular flexibility index (Phi) is 3.19. The van der Waals surface area contributed by atoms with Gasteiger partial charge in [0.2, 0.25) is 0 Å². The van der Waals surface area contributed by atoms with Crippen molar-refractivity contribution >= 4 is 5.57 Å². The lowest BCUT2D eigenvalue weighted by Gasteiger charge is -2.10. The zero-order valence-electron chi connectivity index (χ0n) is 10.8. The van der Waals surface area contributed by atoms with Crippen LogP contribution in [0.15, 0.2) is 43.0 Å². The highest BCUT2D eigenvalue weighted by molar-refractivity contribution is 5.61. The van der Waals surface area contributed by atoms with Gasteiger partial charge in [0.1, 0.15) is 0 Å². The van der Waals surface area contributed by atoms with Gasteiger partial charge in [0.15, 0.2) is 0 Å². The van der Waals surface area contributed by atoms with Crippen LogP contribution in [0.4, 0.5) is 0 Å². The number of nitrogens with zero attached hydrogens (tertiary/aromatic N) is 1. The molecule has 0 unspecified atom stereocenters. The minimum absolute atomic E-state index is 0.936. The van der Waals surface area contributed by atoms with E-state index in [1.165, 1.54) is 22.5 Å². The van der Waals surface area contributed by atoms with Gasteiger partial charge in [0.05, 0.1) is 0 Å². The number of hydrogen-bond acceptors (Lipinski definition) is 0. The van der Waals surface area contributed by atoms with E-state index in [2.05, 4.69) is 61.4 Å². The second-order valence-corrected chi connectivity index (χ2v) is 4.68. The lowest BCUT2D eigenvalue weighted by atomic mass is 10.1. The number of aromatic nitrogens is 1. The number of rotatable bonds is 3. The third-order valence-corrected chi connectivity index (χ3v) is 3.18. The van der Waals surface area contributed by atoms with Crippen LogP contribution in [0.1, 0.15) is 29.4 Å². The fourth-order valence-electron chi connectivity index (χ4n) is 2.07. The highest BCUT2D eigenvalue weighted by atomic mass is 15.0. The van der Waals surface area contributed by atoms with Crippen molar-refractivity contribution in [1.29, 1.82) is 0 Å². The summed E-state index contributed by atoms with van der Waals surface area (Å²) in [5.74, 6) is 0. The molecule has 0 amide bonds. The Labute approximate surface area is 103 Å². The van der Waals surface area contributed by atoms with Crippen molar-refractivity contribution in [1.82, 2.24) is 4.57 Å². The van der Waals surface area contributed by atoms with Crippen LogP contribution in [0, 0.1) is 13.8 Å². The van der Waals surface area contributed by atoms with Crippen LogP contribution in [0.5, 0.6) is 0 Å². The summed E-state index contributed by atoms with van der Waals surface area (Å²) in [6.07, 6.45) is 0. The third-order valence-electron chi connectivity index (χ3n) is 3.18. The molecule has 0 saturated heterocycles. The van der Waals surface area contributed by atoms with Gasteiger partial charge in [-0.2, -0.15) is 0 Å². The molecule has 0 saturated carbocycles. The molecule has 17 heavy (non-hydrogen) atoms. The molecule has 2 aromatic rings. The predicted octanol–water partition coefficient (Wildman–Crippen LogP) is 4.19. The lowest BCUT2D eigenvalue weighted by molar-refractivity contribution is 0.749. The molecule has 0 bridgehead atoms. The Morgan fingerprint density at radius 2 is 1.76 bits per heavy atom. The van der Waals surface area contributed by atoms with Gasteiger partial charge in [-0.3, -0.25) is 0 Å². The van der Waals surface area contributed by atoms with Crippen molar-refractivity contribution in [2.75, 3.05) is 0 Å². The molecule has 0 aliphatic carbocycles. The summed E-state index contributed by atoms with van der Waals surface area (Å²) in [5.41, 5.74) is 6.29. The van der Waals surface area contributed by atoms with Gasteiger partial charge in [-0.15, -0.1) is 0 Å². The van der Waals surface area contributed by atoms with Crippen molar-refractivity contribution in [3.05, 3.63) is 65.5 Å². The highest BCUT2D eigenvalue weighted by Gasteiger charge is 2.03. The third kappa shape index (κ3) is 2.50. The summed E-state index contributed by atoms with van der Waals surface area (Å²) in [7, 11) is 0. The lowest BCUT2D eigenvalue weighted by Crippen LogP contribution is -2.03. The number of allylic oxidation sites excluding steroid dienone is 1. The number of aryl methyl sites for hydroxylation is 2. The van der Waals surface area contributed by atoms with Crippen molar-refractivity contribution < 1.29 is 0 Å². The van der Waals surface area contributed by atoms with Crippen molar-refractivity contribution in [3.8, 4) is 0 Å². The molecular weight excluding hydrogens is 206 g/mol. The molecule has 1 heterocycles. The normalized spacial score (nSPS) is 10.5. The van der Waals surface area contributed by atoms with E-state index in [-0.39, 0.29) is 0 Å². The zero-order valence-corrected chi connectivity index (χ0v) is 10.8. The topological polar surface area (TPSA) is 4.93 Å². The second kappa shape index (κ2) is 4.62. The summed E-state index contributed by atoms with van der Waals surface area (Å²) in [4.78, 5) is 0. The number of hydrogen-bond donors (Lipinski definition) is 0. The van der Waals surface area contributed by atoms with Gasteiger partial charge in [-0.25, -0.2) is 0 Å². The average molecular weight is 225 g/mol. The van der Waals surface area contributed by atoms with E-state index in [1.807, 2.05) is 6.92 Å². The predicted molar refractivity (Wildman–Crippen MR) is 74.2 cm³/mol. The van der Waals surface area contributed by atoms with Crippen LogP contribution >= 0.6 is 0 Å². The van der Waals surface area contributed by atoms with Crippen LogP contribution in [0.25, 0.3) is 5.57 Å². The Morgan fingerprint density at radius 1 is 1.12 bits per heavy atom. The minimum atomic E-state index is 0.936. The first kappa shape index (κ1) is 11.7. The van der Waals surface area contributed by atoms with Gasteiger partial charge in [-0.1, -0.05) is 30.4 Å². The fourth-order valence-corrected chi connectivity index (χ4v) is 2.07. The quantitative estimate of drug-likeness (QED) is 0.738. The molecule has 0 spiro atoms. The summed E-state index contributed by atoms with van der Waals surface area (Å²) >= 11 is 0. The molecular formula is C16H19N. The van der Waals surface area contributed by atoms with E-state index in [9.17, 15) is 0 Å². The first-order chi connectivity index (χ1) is 8.08. The molecule has 0 aliphatic rings. The van der Waals surface area contributed by atoms with Crippen LogP contribution in [-0.2, 0) is 6.54 Å². The molecule has 0 aliphatic heterocycles. The first-order valence-corrected chi connectivity index (χ1v) is 5.95. The Balaban J connectivity index is 2.30. The van der Waals surface area contributed by atoms with Crippen LogP contribution < -0.4 is 0 Å². The summed E-state index contributed by atoms with van der Waals surface area (Å²) in [6.45, 7) is 11.3. The van der Waals surface area contributed by atoms with E-state index in [1.54, 1.807) is 0 Å². The summed E-state index contributed by atoms with van der Waals surface area (Å²) in [6, 6.07) is 12.9. The van der Waals surface area contributed by atoms with E-state index in [0.717, 1.165) is 12.1 Å². The monoisotopic (exact) mass is 225 g/mol. The van der Waals surface area contributed by atoms with Crippen molar-refractivity contribution in [3.63, 3.8) is 0 Å². The zero-order chi connectivity index (χ0) is 12.4. The molecule has 1 heteroatoms. The SMILES string of the molecule is C=C(C)c1cccc(Cn2c(C)ccc2C)c1. The molecule has 1 aromatic heterocycles. The maximum atomic E-state index is 3.99. The first-order valence-electron chi connectivity index (χ1n) is 5.95. The maximum absolute atomic E-state index is 3.99. The van der Waals surface area contributed by atoms with Gasteiger partial charge >= 0.3 is 0 Å². The summed E-state index contributed by atoms with van der Waals surface area (Å²) in [5, 5.41) is 0. The Hall–Kier alpha value is -1.76. The van der Waals surface area contributed by atoms with Crippen LogP contribution in [0.2, 0.25) is 0 Å². The molecule has 1 nitrogen and oxygen atoms in total. The van der Waals surface area contributed by atoms with Gasteiger partial charge in [0.25, 0.3) is 0 Å². The Bertz CT molecular complexity index is 527. The van der Waals surface area contributed by atoms with Crippen molar-refractivity contribution in [2.45, 2.75) is 27.3 Å². The molecule has 2 rings (SSSR count). The summed E-state index contributed by atoms with van der Waals surface area (Å²) < 4.78 is 2.33. The minimum Gasteiger partial charge on any atom is -0.345 e. The molecule has 0 N–H and O–H groups in total. The van der Waals surface area contributed by atoms with E-state index in [4.69, 9.17) is 0 Å². The highest BCUT2D eigenvalue weighted by Crippen LogP contribution is 2.16. The standard InChI is InChI=1S/C16H19N/c1-12(2)16-7-5-6-15(10-16)11-17-13(3)8-9-14(17)4/h5-10H,1,11H2,2-4H3. The van der Waals surface area contributed by atoms with E-state index in [0.29, 0.717) is 0 Å². The van der Waals surface area contributed by atoms with Gasteiger partial charge in [-0.05, 0) is 50.1 Å². The average Bonchev–Trinajstić information content (AvgIpc) is 2.61. The maximum Gasteiger partial charge on any atom is 0.0475 e. The largest absolute Gasteiger partial charge is 0.345 e. The van der Waals surface area contributed by atoms with Gasteiger partial charge < -0.3 is 4.57 Å². The van der Waals surface area contributed by atoms with Crippen molar-refractivity contribution in [2.24, 2.45) is 0 Å².